The lowest BCUT2D eigenvalue weighted by atomic mass is 9.71. The first-order chi connectivity index (χ1) is 14.9. The van der Waals surface area contributed by atoms with Crippen molar-refractivity contribution in [3.63, 3.8) is 0 Å². The number of amides is 1. The predicted octanol–water partition coefficient (Wildman–Crippen LogP) is 2.08. The van der Waals surface area contributed by atoms with E-state index < -0.39 is 5.60 Å². The van der Waals surface area contributed by atoms with E-state index in [4.69, 9.17) is 9.47 Å². The Morgan fingerprint density at radius 1 is 1.16 bits per heavy atom. The third-order valence-corrected chi connectivity index (χ3v) is 6.61. The van der Waals surface area contributed by atoms with E-state index >= 15 is 0 Å². The number of carbonyl (C=O) groups excluding carboxylic acids is 1. The number of fused-ring (bicyclic) bond motifs is 1. The molecule has 31 heavy (non-hydrogen) atoms. The van der Waals surface area contributed by atoms with Crippen LogP contribution in [0, 0.1) is 5.92 Å². The second kappa shape index (κ2) is 8.70. The minimum Gasteiger partial charge on any atom is -0.493 e. The van der Waals surface area contributed by atoms with Crippen molar-refractivity contribution in [1.82, 2.24) is 14.7 Å². The highest BCUT2D eigenvalue weighted by Gasteiger charge is 2.43. The number of aromatic nitrogens is 2. The Morgan fingerprint density at radius 2 is 1.97 bits per heavy atom. The number of aliphatic hydroxyl groups is 1. The van der Waals surface area contributed by atoms with Gasteiger partial charge in [-0.05, 0) is 43.5 Å². The maximum Gasteiger partial charge on any atom is 0.267 e. The monoisotopic (exact) mass is 427 g/mol. The molecule has 1 aromatic carbocycles. The normalized spacial score (nSPS) is 23.2. The fraction of sp³-hybridized carbons (Fsp3) is 0.522. The Balaban J connectivity index is 1.52. The third kappa shape index (κ3) is 4.30. The zero-order valence-electron chi connectivity index (χ0n) is 18.0. The highest BCUT2D eigenvalue weighted by atomic mass is 16.5. The lowest BCUT2D eigenvalue weighted by molar-refractivity contribution is -0.144. The summed E-state index contributed by atoms with van der Waals surface area (Å²) >= 11 is 0. The van der Waals surface area contributed by atoms with Crippen molar-refractivity contribution in [3.8, 4) is 22.8 Å². The molecule has 1 aliphatic carbocycles. The molecule has 1 saturated heterocycles. The molecule has 1 saturated carbocycles. The molecule has 0 spiro atoms. The van der Waals surface area contributed by atoms with Crippen LogP contribution in [0.3, 0.4) is 0 Å². The van der Waals surface area contributed by atoms with Crippen LogP contribution < -0.4 is 15.0 Å². The van der Waals surface area contributed by atoms with E-state index in [1.54, 1.807) is 37.3 Å². The van der Waals surface area contributed by atoms with Crippen molar-refractivity contribution in [3.05, 3.63) is 40.7 Å². The van der Waals surface area contributed by atoms with E-state index in [-0.39, 0.29) is 23.9 Å². The molecule has 1 N–H and O–H groups in total. The first-order valence-corrected chi connectivity index (χ1v) is 10.7. The SMILES string of the molecule is COc1ccc(-c2ccc(=O)n(CC(=O)N3CC[C@]4(O)CCCC[C@@H]4C3)n2)cc1OC. The lowest BCUT2D eigenvalue weighted by Crippen LogP contribution is -2.55. The highest BCUT2D eigenvalue weighted by molar-refractivity contribution is 5.76. The van der Waals surface area contributed by atoms with Gasteiger partial charge in [0, 0.05) is 30.6 Å². The van der Waals surface area contributed by atoms with E-state index in [0.717, 1.165) is 31.2 Å². The van der Waals surface area contributed by atoms with Gasteiger partial charge in [0.25, 0.3) is 5.56 Å². The van der Waals surface area contributed by atoms with Gasteiger partial charge in [0.05, 0.1) is 25.5 Å². The van der Waals surface area contributed by atoms with Crippen LogP contribution in [0.2, 0.25) is 0 Å². The second-order valence-electron chi connectivity index (χ2n) is 8.42. The number of hydrogen-bond acceptors (Lipinski definition) is 6. The Hall–Kier alpha value is -2.87. The van der Waals surface area contributed by atoms with Crippen molar-refractivity contribution < 1.29 is 19.4 Å². The molecule has 2 aliphatic rings. The fourth-order valence-electron chi connectivity index (χ4n) is 4.74. The zero-order valence-corrected chi connectivity index (χ0v) is 18.0. The highest BCUT2D eigenvalue weighted by Crippen LogP contribution is 2.39. The van der Waals surface area contributed by atoms with Crippen LogP contribution >= 0.6 is 0 Å². The molecule has 8 nitrogen and oxygen atoms in total. The van der Waals surface area contributed by atoms with Gasteiger partial charge in [0.2, 0.25) is 5.91 Å². The molecule has 2 atom stereocenters. The minimum absolute atomic E-state index is 0.113. The maximum atomic E-state index is 12.9. The molecular weight excluding hydrogens is 398 g/mol. The number of nitrogens with zero attached hydrogens (tertiary/aromatic N) is 3. The molecule has 1 aliphatic heterocycles. The molecule has 1 aromatic heterocycles. The van der Waals surface area contributed by atoms with Gasteiger partial charge in [-0.15, -0.1) is 0 Å². The smallest absolute Gasteiger partial charge is 0.267 e. The predicted molar refractivity (Wildman–Crippen MR) is 115 cm³/mol. The first kappa shape index (κ1) is 21.4. The van der Waals surface area contributed by atoms with E-state index in [9.17, 15) is 14.7 Å². The van der Waals surface area contributed by atoms with Gasteiger partial charge in [-0.1, -0.05) is 12.8 Å². The molecule has 166 valence electrons. The van der Waals surface area contributed by atoms with Crippen LogP contribution in [-0.2, 0) is 11.3 Å². The van der Waals surface area contributed by atoms with E-state index in [1.807, 2.05) is 6.07 Å². The van der Waals surface area contributed by atoms with E-state index in [1.165, 1.54) is 10.7 Å². The second-order valence-corrected chi connectivity index (χ2v) is 8.42. The molecule has 8 heteroatoms. The van der Waals surface area contributed by atoms with Gasteiger partial charge in [0.15, 0.2) is 11.5 Å². The van der Waals surface area contributed by atoms with Gasteiger partial charge in [-0.25, -0.2) is 4.68 Å². The average Bonchev–Trinajstić information content (AvgIpc) is 2.79. The van der Waals surface area contributed by atoms with Crippen LogP contribution in [0.1, 0.15) is 32.1 Å². The Morgan fingerprint density at radius 3 is 2.74 bits per heavy atom. The summed E-state index contributed by atoms with van der Waals surface area (Å²) in [4.78, 5) is 27.1. The van der Waals surface area contributed by atoms with Crippen molar-refractivity contribution in [2.75, 3.05) is 27.3 Å². The van der Waals surface area contributed by atoms with Crippen molar-refractivity contribution in [2.45, 2.75) is 44.2 Å². The Kier molecular flexibility index (Phi) is 6.00. The van der Waals surface area contributed by atoms with Crippen LogP contribution in [0.25, 0.3) is 11.3 Å². The Labute approximate surface area is 181 Å². The summed E-state index contributed by atoms with van der Waals surface area (Å²) in [6.07, 6.45) is 4.48. The van der Waals surface area contributed by atoms with Crippen LogP contribution in [0.15, 0.2) is 35.1 Å². The molecule has 2 aromatic rings. The minimum atomic E-state index is -0.641. The van der Waals surface area contributed by atoms with Crippen LogP contribution in [0.5, 0.6) is 11.5 Å². The quantitative estimate of drug-likeness (QED) is 0.785. The largest absolute Gasteiger partial charge is 0.493 e. The molecular formula is C23H29N3O5. The Bertz CT molecular complexity index is 1020. The maximum absolute atomic E-state index is 12.9. The summed E-state index contributed by atoms with van der Waals surface area (Å²) in [7, 11) is 3.12. The third-order valence-electron chi connectivity index (χ3n) is 6.61. The molecule has 4 rings (SSSR count). The standard InChI is InChI=1S/C23H29N3O5/c1-30-19-8-6-16(13-20(19)31-2)18-7-9-21(27)26(24-18)15-22(28)25-12-11-23(29)10-4-3-5-17(23)14-25/h6-9,13,17,29H,3-5,10-12,14-15H2,1-2H3/t17-,23-/m1/s1. The van der Waals surface area contributed by atoms with Crippen molar-refractivity contribution in [1.29, 1.82) is 0 Å². The number of rotatable bonds is 5. The number of benzene rings is 1. The van der Waals surface area contributed by atoms with Gasteiger partial charge >= 0.3 is 0 Å². The molecule has 0 unspecified atom stereocenters. The first-order valence-electron chi connectivity index (χ1n) is 10.7. The summed E-state index contributed by atoms with van der Waals surface area (Å²) in [5, 5.41) is 15.3. The van der Waals surface area contributed by atoms with Crippen LogP contribution in [0.4, 0.5) is 0 Å². The van der Waals surface area contributed by atoms with Crippen molar-refractivity contribution >= 4 is 5.91 Å². The molecule has 2 fully saturated rings. The summed E-state index contributed by atoms with van der Waals surface area (Å²) in [6.45, 7) is 0.931. The number of methoxy groups -OCH3 is 2. The summed E-state index contributed by atoms with van der Waals surface area (Å²) in [5.74, 6) is 1.12. The van der Waals surface area contributed by atoms with E-state index in [2.05, 4.69) is 5.10 Å². The number of piperidine rings is 1. The van der Waals surface area contributed by atoms with Gasteiger partial charge in [0.1, 0.15) is 6.54 Å². The number of likely N-dealkylation sites (tertiary alicyclic amines) is 1. The summed E-state index contributed by atoms with van der Waals surface area (Å²) in [6, 6.07) is 8.44. The summed E-state index contributed by atoms with van der Waals surface area (Å²) in [5.41, 5.74) is 0.346. The topological polar surface area (TPSA) is 93.9 Å². The van der Waals surface area contributed by atoms with Crippen molar-refractivity contribution in [2.24, 2.45) is 5.92 Å². The molecule has 1 amide bonds. The zero-order chi connectivity index (χ0) is 22.0. The molecule has 2 heterocycles. The number of ether oxygens (including phenoxy) is 2. The average molecular weight is 428 g/mol. The molecule has 0 bridgehead atoms. The van der Waals surface area contributed by atoms with Crippen LogP contribution in [-0.4, -0.2) is 58.6 Å². The molecule has 0 radical (unpaired) electrons. The lowest BCUT2D eigenvalue weighted by Gasteiger charge is -2.47. The van der Waals surface area contributed by atoms with E-state index in [0.29, 0.717) is 36.7 Å². The number of hydrogen-bond donors (Lipinski definition) is 1. The fourth-order valence-corrected chi connectivity index (χ4v) is 4.74. The van der Waals surface area contributed by atoms with Gasteiger partial charge in [-0.3, -0.25) is 9.59 Å². The number of carbonyl (C=O) groups is 1. The van der Waals surface area contributed by atoms with Gasteiger partial charge < -0.3 is 19.5 Å². The van der Waals surface area contributed by atoms with Gasteiger partial charge in [-0.2, -0.15) is 5.10 Å². The summed E-state index contributed by atoms with van der Waals surface area (Å²) < 4.78 is 11.8.